The Morgan fingerprint density at radius 1 is 1.39 bits per heavy atom. The highest BCUT2D eigenvalue weighted by Gasteiger charge is 2.16. The summed E-state index contributed by atoms with van der Waals surface area (Å²) in [6.07, 6.45) is 1.03. The van der Waals surface area contributed by atoms with Gasteiger partial charge in [0.2, 0.25) is 5.91 Å². The van der Waals surface area contributed by atoms with Gasteiger partial charge in [0, 0.05) is 32.1 Å². The van der Waals surface area contributed by atoms with E-state index in [4.69, 9.17) is 9.84 Å². The van der Waals surface area contributed by atoms with E-state index in [1.807, 2.05) is 6.92 Å². The van der Waals surface area contributed by atoms with E-state index in [1.165, 1.54) is 0 Å². The number of nitrogens with one attached hydrogen (secondary N) is 1. The molecule has 104 valence electrons. The van der Waals surface area contributed by atoms with Gasteiger partial charge >= 0.3 is 5.97 Å². The maximum absolute atomic E-state index is 11.7. The van der Waals surface area contributed by atoms with Gasteiger partial charge < -0.3 is 15.2 Å². The molecule has 1 aliphatic rings. The molecule has 0 aromatic carbocycles. The minimum absolute atomic E-state index is 0.0141. The number of carbonyl (C=O) groups excluding carboxylic acids is 1. The molecule has 0 spiro atoms. The second-order valence-electron chi connectivity index (χ2n) is 4.47. The molecule has 0 aromatic heterocycles. The van der Waals surface area contributed by atoms with Gasteiger partial charge in [-0.15, -0.1) is 0 Å². The van der Waals surface area contributed by atoms with Crippen LogP contribution in [0.25, 0.3) is 0 Å². The molecule has 0 bridgehead atoms. The minimum Gasteiger partial charge on any atom is -0.481 e. The predicted molar refractivity (Wildman–Crippen MR) is 66.4 cm³/mol. The monoisotopic (exact) mass is 258 g/mol. The second-order valence-corrected chi connectivity index (χ2v) is 4.47. The third-order valence-electron chi connectivity index (χ3n) is 3.04. The Kier molecular flexibility index (Phi) is 6.67. The zero-order valence-electron chi connectivity index (χ0n) is 10.9. The Morgan fingerprint density at radius 2 is 2.06 bits per heavy atom. The number of aliphatic carboxylic acids is 1. The molecular weight excluding hydrogens is 236 g/mol. The first-order valence-corrected chi connectivity index (χ1v) is 6.43. The zero-order chi connectivity index (χ0) is 13.4. The summed E-state index contributed by atoms with van der Waals surface area (Å²) in [5, 5.41) is 11.4. The molecule has 18 heavy (non-hydrogen) atoms. The molecule has 0 aliphatic carbocycles. The van der Waals surface area contributed by atoms with Crippen molar-refractivity contribution in [3.8, 4) is 0 Å². The maximum Gasteiger partial charge on any atom is 0.305 e. The third-order valence-corrected chi connectivity index (χ3v) is 3.04. The molecule has 6 nitrogen and oxygen atoms in total. The number of hydrogen-bond donors (Lipinski definition) is 2. The van der Waals surface area contributed by atoms with E-state index in [0.29, 0.717) is 19.4 Å². The molecule has 1 rings (SSSR count). The number of carbonyl (C=O) groups is 2. The Bertz CT molecular complexity index is 277. The van der Waals surface area contributed by atoms with Crippen LogP contribution in [0.15, 0.2) is 0 Å². The van der Waals surface area contributed by atoms with Gasteiger partial charge in [-0.3, -0.25) is 14.5 Å². The minimum atomic E-state index is -0.879. The molecule has 1 aliphatic heterocycles. The highest BCUT2D eigenvalue weighted by atomic mass is 16.5. The summed E-state index contributed by atoms with van der Waals surface area (Å²) in [6, 6.07) is -0.264. The van der Waals surface area contributed by atoms with Crippen LogP contribution < -0.4 is 5.32 Å². The summed E-state index contributed by atoms with van der Waals surface area (Å²) in [5.74, 6) is -0.954. The van der Waals surface area contributed by atoms with Gasteiger partial charge in [0.1, 0.15) is 0 Å². The second kappa shape index (κ2) is 8.05. The van der Waals surface area contributed by atoms with Gasteiger partial charge in [-0.1, -0.05) is 6.92 Å². The Balaban J connectivity index is 2.20. The fourth-order valence-corrected chi connectivity index (χ4v) is 1.89. The summed E-state index contributed by atoms with van der Waals surface area (Å²) >= 11 is 0. The normalized spacial score (nSPS) is 18.3. The molecule has 1 atom stereocenters. The van der Waals surface area contributed by atoms with E-state index >= 15 is 0 Å². The standard InChI is InChI=1S/C12H22N2O4/c1-2-10(9-12(16)17)13-11(15)3-4-14-5-7-18-8-6-14/h10H,2-9H2,1H3,(H,13,15)(H,16,17). The number of carboxylic acids is 1. The first kappa shape index (κ1) is 14.9. The largest absolute Gasteiger partial charge is 0.481 e. The van der Waals surface area contributed by atoms with Crippen molar-refractivity contribution in [2.24, 2.45) is 0 Å². The van der Waals surface area contributed by atoms with Crippen LogP contribution in [-0.2, 0) is 14.3 Å². The van der Waals surface area contributed by atoms with Gasteiger partial charge in [-0.05, 0) is 6.42 Å². The molecule has 1 saturated heterocycles. The fraction of sp³-hybridized carbons (Fsp3) is 0.833. The molecule has 1 amide bonds. The lowest BCUT2D eigenvalue weighted by molar-refractivity contribution is -0.137. The number of nitrogens with zero attached hydrogens (tertiary/aromatic N) is 1. The van der Waals surface area contributed by atoms with Crippen molar-refractivity contribution in [3.05, 3.63) is 0 Å². The summed E-state index contributed by atoms with van der Waals surface area (Å²) in [4.78, 5) is 24.4. The van der Waals surface area contributed by atoms with Crippen LogP contribution in [0.3, 0.4) is 0 Å². The van der Waals surface area contributed by atoms with Crippen molar-refractivity contribution in [2.45, 2.75) is 32.2 Å². The SMILES string of the molecule is CCC(CC(=O)O)NC(=O)CCN1CCOCC1. The molecule has 1 heterocycles. The number of morpholine rings is 1. The van der Waals surface area contributed by atoms with Gasteiger partial charge in [0.25, 0.3) is 0 Å². The van der Waals surface area contributed by atoms with E-state index in [2.05, 4.69) is 10.2 Å². The fourth-order valence-electron chi connectivity index (χ4n) is 1.89. The van der Waals surface area contributed by atoms with Crippen LogP contribution in [0.4, 0.5) is 0 Å². The third kappa shape index (κ3) is 5.97. The van der Waals surface area contributed by atoms with E-state index in [1.54, 1.807) is 0 Å². The summed E-state index contributed by atoms with van der Waals surface area (Å²) in [6.45, 7) is 5.74. The summed E-state index contributed by atoms with van der Waals surface area (Å²) < 4.78 is 5.22. The summed E-state index contributed by atoms with van der Waals surface area (Å²) in [7, 11) is 0. The number of ether oxygens (including phenoxy) is 1. The number of hydrogen-bond acceptors (Lipinski definition) is 4. The molecule has 0 aromatic rings. The molecule has 0 radical (unpaired) electrons. The van der Waals surface area contributed by atoms with Gasteiger partial charge in [0.05, 0.1) is 19.6 Å². The van der Waals surface area contributed by atoms with Crippen molar-refractivity contribution in [1.29, 1.82) is 0 Å². The molecule has 1 unspecified atom stereocenters. The van der Waals surface area contributed by atoms with Gasteiger partial charge in [-0.2, -0.15) is 0 Å². The van der Waals surface area contributed by atoms with Crippen molar-refractivity contribution in [3.63, 3.8) is 0 Å². The molecular formula is C12H22N2O4. The van der Waals surface area contributed by atoms with E-state index in [0.717, 1.165) is 26.3 Å². The Labute approximate surface area is 107 Å². The molecule has 2 N–H and O–H groups in total. The first-order valence-electron chi connectivity index (χ1n) is 6.43. The van der Waals surface area contributed by atoms with Crippen LogP contribution in [0.1, 0.15) is 26.2 Å². The predicted octanol–water partition coefficient (Wildman–Crippen LogP) is 0.0782. The van der Waals surface area contributed by atoms with Crippen LogP contribution in [0, 0.1) is 0 Å². The van der Waals surface area contributed by atoms with Crippen LogP contribution >= 0.6 is 0 Å². The zero-order valence-corrected chi connectivity index (χ0v) is 10.9. The lowest BCUT2D eigenvalue weighted by Crippen LogP contribution is -2.41. The highest BCUT2D eigenvalue weighted by molar-refractivity contribution is 5.77. The maximum atomic E-state index is 11.7. The van der Waals surface area contributed by atoms with Crippen LogP contribution in [0.5, 0.6) is 0 Å². The van der Waals surface area contributed by atoms with Crippen LogP contribution in [-0.4, -0.2) is 60.8 Å². The van der Waals surface area contributed by atoms with E-state index in [-0.39, 0.29) is 18.4 Å². The van der Waals surface area contributed by atoms with Crippen molar-refractivity contribution in [1.82, 2.24) is 10.2 Å². The quantitative estimate of drug-likeness (QED) is 0.676. The molecule has 0 saturated carbocycles. The van der Waals surface area contributed by atoms with Crippen LogP contribution in [0.2, 0.25) is 0 Å². The lowest BCUT2D eigenvalue weighted by atomic mass is 10.1. The number of carboxylic acid groups (broad SMARTS) is 1. The van der Waals surface area contributed by atoms with Crippen molar-refractivity contribution < 1.29 is 19.4 Å². The average Bonchev–Trinajstić information content (AvgIpc) is 2.36. The lowest BCUT2D eigenvalue weighted by Gasteiger charge is -2.26. The molecule has 6 heteroatoms. The van der Waals surface area contributed by atoms with Crippen molar-refractivity contribution >= 4 is 11.9 Å². The van der Waals surface area contributed by atoms with E-state index < -0.39 is 5.97 Å². The van der Waals surface area contributed by atoms with Gasteiger partial charge in [0.15, 0.2) is 0 Å². The van der Waals surface area contributed by atoms with E-state index in [9.17, 15) is 9.59 Å². The molecule has 1 fully saturated rings. The first-order chi connectivity index (χ1) is 8.61. The van der Waals surface area contributed by atoms with Crippen molar-refractivity contribution in [2.75, 3.05) is 32.8 Å². The smallest absolute Gasteiger partial charge is 0.305 e. The van der Waals surface area contributed by atoms with Gasteiger partial charge in [-0.25, -0.2) is 0 Å². The Hall–Kier alpha value is -1.14. The summed E-state index contributed by atoms with van der Waals surface area (Å²) in [5.41, 5.74) is 0. The highest BCUT2D eigenvalue weighted by Crippen LogP contribution is 2.01. The Morgan fingerprint density at radius 3 is 2.61 bits per heavy atom. The number of rotatable bonds is 7. The number of amides is 1. The topological polar surface area (TPSA) is 78.9 Å². The average molecular weight is 258 g/mol.